The van der Waals surface area contributed by atoms with Crippen molar-refractivity contribution in [1.29, 1.82) is 0 Å². The molecule has 5 heteroatoms. The molecule has 0 amide bonds. The number of nitrogens with two attached hydrogens (primary N) is 1. The maximum atomic E-state index is 11.8. The fraction of sp³-hybridized carbons (Fsp3) is 0.0588. The molecule has 2 aromatic carbocycles. The number of anilines is 1. The van der Waals surface area contributed by atoms with Crippen molar-refractivity contribution in [2.45, 2.75) is 4.32 Å². The van der Waals surface area contributed by atoms with E-state index in [1.807, 2.05) is 60.7 Å². The number of hydrogen-bond donors (Lipinski definition) is 2. The zero-order valence-corrected chi connectivity index (χ0v) is 13.2. The lowest BCUT2D eigenvalue weighted by molar-refractivity contribution is 0.853. The molecule has 0 saturated heterocycles. The summed E-state index contributed by atoms with van der Waals surface area (Å²) >= 11 is 3.81. The normalized spacial score (nSPS) is 11.3. The van der Waals surface area contributed by atoms with E-state index in [-0.39, 0.29) is 11.5 Å². The van der Waals surface area contributed by atoms with Gasteiger partial charge in [-0.2, -0.15) is 0 Å². The van der Waals surface area contributed by atoms with Crippen LogP contribution in [0.1, 0.15) is 16.8 Å². The van der Waals surface area contributed by atoms with E-state index < -0.39 is 4.32 Å². The van der Waals surface area contributed by atoms with Crippen molar-refractivity contribution < 1.29 is 0 Å². The van der Waals surface area contributed by atoms with Crippen LogP contribution in [-0.4, -0.2) is 9.97 Å². The summed E-state index contributed by atoms with van der Waals surface area (Å²) in [5.41, 5.74) is 7.93. The standard InChI is InChI=1S/C17H14BrN3O/c18-17(12-7-3-1-4-8-12,13-9-5-2-6-10-13)14-11-15(22)21-16(19)20-14/h1-11H,(H3,19,20,21,22). The Morgan fingerprint density at radius 2 is 1.45 bits per heavy atom. The van der Waals surface area contributed by atoms with Crippen LogP contribution in [-0.2, 0) is 4.32 Å². The predicted octanol–water partition coefficient (Wildman–Crippen LogP) is 3.04. The Hall–Kier alpha value is -2.40. The third-order valence-corrected chi connectivity index (χ3v) is 4.78. The van der Waals surface area contributed by atoms with Crippen LogP contribution in [0.15, 0.2) is 71.5 Å². The summed E-state index contributed by atoms with van der Waals surface area (Å²) in [7, 11) is 0. The lowest BCUT2D eigenvalue weighted by atomic mass is 9.88. The molecule has 0 aliphatic rings. The van der Waals surface area contributed by atoms with E-state index in [9.17, 15) is 4.79 Å². The number of hydrogen-bond acceptors (Lipinski definition) is 3. The topological polar surface area (TPSA) is 71.8 Å². The van der Waals surface area contributed by atoms with Gasteiger partial charge in [0.25, 0.3) is 5.56 Å². The van der Waals surface area contributed by atoms with E-state index in [1.54, 1.807) is 0 Å². The van der Waals surface area contributed by atoms with E-state index in [0.717, 1.165) is 11.1 Å². The summed E-state index contributed by atoms with van der Waals surface area (Å²) in [6.07, 6.45) is 0. The largest absolute Gasteiger partial charge is 0.369 e. The van der Waals surface area contributed by atoms with Crippen LogP contribution in [0.5, 0.6) is 0 Å². The number of nitrogens with one attached hydrogen (secondary N) is 1. The fourth-order valence-electron chi connectivity index (χ4n) is 2.45. The molecule has 0 bridgehead atoms. The molecule has 0 saturated carbocycles. The second-order valence-electron chi connectivity index (χ2n) is 4.91. The number of nitrogen functional groups attached to an aromatic ring is 1. The zero-order chi connectivity index (χ0) is 15.6. The highest BCUT2D eigenvalue weighted by Crippen LogP contribution is 2.43. The van der Waals surface area contributed by atoms with Crippen LogP contribution >= 0.6 is 15.9 Å². The average molecular weight is 356 g/mol. The molecule has 0 unspecified atom stereocenters. The first-order chi connectivity index (χ1) is 10.6. The SMILES string of the molecule is Nc1nc(C(Br)(c2ccccc2)c2ccccc2)cc(=O)[nH]1. The molecule has 0 spiro atoms. The summed E-state index contributed by atoms with van der Waals surface area (Å²) < 4.78 is -0.738. The smallest absolute Gasteiger partial charge is 0.252 e. The first-order valence-electron chi connectivity index (χ1n) is 6.78. The number of nitrogens with zero attached hydrogens (tertiary/aromatic N) is 1. The molecule has 0 atom stereocenters. The molecule has 1 aromatic heterocycles. The van der Waals surface area contributed by atoms with Crippen LogP contribution in [0.25, 0.3) is 0 Å². The molecule has 0 radical (unpaired) electrons. The van der Waals surface area contributed by atoms with Crippen molar-refractivity contribution in [1.82, 2.24) is 9.97 Å². The molecule has 22 heavy (non-hydrogen) atoms. The highest BCUT2D eigenvalue weighted by atomic mass is 79.9. The van der Waals surface area contributed by atoms with Crippen molar-refractivity contribution in [3.05, 3.63) is 93.9 Å². The van der Waals surface area contributed by atoms with Gasteiger partial charge in [0.05, 0.1) is 5.69 Å². The van der Waals surface area contributed by atoms with Gasteiger partial charge in [-0.1, -0.05) is 76.6 Å². The number of aromatic nitrogens is 2. The van der Waals surface area contributed by atoms with E-state index in [4.69, 9.17) is 5.73 Å². The summed E-state index contributed by atoms with van der Waals surface area (Å²) in [5.74, 6) is 0.0955. The number of benzene rings is 2. The number of rotatable bonds is 3. The Kier molecular flexibility index (Phi) is 3.81. The first-order valence-corrected chi connectivity index (χ1v) is 7.57. The van der Waals surface area contributed by atoms with Crippen molar-refractivity contribution in [3.8, 4) is 0 Å². The number of alkyl halides is 1. The van der Waals surface area contributed by atoms with Crippen molar-refractivity contribution in [3.63, 3.8) is 0 Å². The minimum absolute atomic E-state index is 0.0955. The van der Waals surface area contributed by atoms with E-state index >= 15 is 0 Å². The molecule has 0 fully saturated rings. The lowest BCUT2D eigenvalue weighted by Gasteiger charge is -2.28. The van der Waals surface area contributed by atoms with Gasteiger partial charge in [-0.25, -0.2) is 4.98 Å². The van der Waals surface area contributed by atoms with E-state index in [0.29, 0.717) is 5.69 Å². The Balaban J connectivity index is 2.31. The monoisotopic (exact) mass is 355 g/mol. The van der Waals surface area contributed by atoms with Gasteiger partial charge in [0.2, 0.25) is 5.95 Å². The van der Waals surface area contributed by atoms with Crippen molar-refractivity contribution in [2.24, 2.45) is 0 Å². The lowest BCUT2D eigenvalue weighted by Crippen LogP contribution is -2.26. The van der Waals surface area contributed by atoms with Gasteiger partial charge in [0.15, 0.2) is 0 Å². The summed E-state index contributed by atoms with van der Waals surface area (Å²) in [6.45, 7) is 0. The molecular weight excluding hydrogens is 342 g/mol. The maximum Gasteiger partial charge on any atom is 0.252 e. The van der Waals surface area contributed by atoms with Gasteiger partial charge in [-0.3, -0.25) is 9.78 Å². The maximum absolute atomic E-state index is 11.8. The van der Waals surface area contributed by atoms with Crippen LogP contribution < -0.4 is 11.3 Å². The van der Waals surface area contributed by atoms with Crippen LogP contribution in [0, 0.1) is 0 Å². The predicted molar refractivity (Wildman–Crippen MR) is 91.0 cm³/mol. The third kappa shape index (κ3) is 2.55. The Bertz CT molecular complexity index is 792. The summed E-state index contributed by atoms with van der Waals surface area (Å²) in [5, 5.41) is 0. The number of H-pyrrole nitrogens is 1. The average Bonchev–Trinajstić information content (AvgIpc) is 2.55. The van der Waals surface area contributed by atoms with Gasteiger partial charge >= 0.3 is 0 Å². The fourth-order valence-corrected chi connectivity index (χ4v) is 3.18. The first kappa shape index (κ1) is 14.5. The number of halogens is 1. The van der Waals surface area contributed by atoms with Crippen molar-refractivity contribution >= 4 is 21.9 Å². The third-order valence-electron chi connectivity index (χ3n) is 3.46. The molecular formula is C17H14BrN3O. The molecule has 0 aliphatic carbocycles. The van der Waals surface area contributed by atoms with Crippen LogP contribution in [0.4, 0.5) is 5.95 Å². The van der Waals surface area contributed by atoms with Gasteiger partial charge in [-0.15, -0.1) is 0 Å². The zero-order valence-electron chi connectivity index (χ0n) is 11.7. The van der Waals surface area contributed by atoms with Gasteiger partial charge in [-0.05, 0) is 11.1 Å². The molecule has 110 valence electrons. The van der Waals surface area contributed by atoms with Crippen molar-refractivity contribution in [2.75, 3.05) is 5.73 Å². The van der Waals surface area contributed by atoms with E-state index in [1.165, 1.54) is 6.07 Å². The van der Waals surface area contributed by atoms with Crippen LogP contribution in [0.2, 0.25) is 0 Å². The van der Waals surface area contributed by atoms with Gasteiger partial charge in [0.1, 0.15) is 4.32 Å². The van der Waals surface area contributed by atoms with Gasteiger partial charge in [0, 0.05) is 6.07 Å². The second kappa shape index (κ2) is 5.77. The molecule has 3 N–H and O–H groups in total. The summed E-state index contributed by atoms with van der Waals surface area (Å²) in [4.78, 5) is 18.6. The second-order valence-corrected chi connectivity index (χ2v) is 6.10. The minimum Gasteiger partial charge on any atom is -0.369 e. The van der Waals surface area contributed by atoms with Gasteiger partial charge < -0.3 is 5.73 Å². The molecule has 3 aromatic rings. The summed E-state index contributed by atoms with van der Waals surface area (Å²) in [6, 6.07) is 21.1. The molecule has 0 aliphatic heterocycles. The minimum atomic E-state index is -0.738. The highest BCUT2D eigenvalue weighted by molar-refractivity contribution is 9.10. The molecule has 4 nitrogen and oxygen atoms in total. The highest BCUT2D eigenvalue weighted by Gasteiger charge is 2.35. The van der Waals surface area contributed by atoms with E-state index in [2.05, 4.69) is 25.9 Å². The Morgan fingerprint density at radius 3 is 1.91 bits per heavy atom. The Labute approximate surface area is 136 Å². The quantitative estimate of drug-likeness (QED) is 0.709. The molecule has 1 heterocycles. The molecule has 3 rings (SSSR count). The van der Waals surface area contributed by atoms with Crippen LogP contribution in [0.3, 0.4) is 0 Å². The number of aromatic amines is 1. The Morgan fingerprint density at radius 1 is 0.955 bits per heavy atom.